The van der Waals surface area contributed by atoms with Crippen LogP contribution in [0.1, 0.15) is 5.56 Å². The summed E-state index contributed by atoms with van der Waals surface area (Å²) < 4.78 is 27.5. The largest absolute Gasteiger partial charge is 0.273 e. The summed E-state index contributed by atoms with van der Waals surface area (Å²) >= 11 is 4.36. The zero-order valence-electron chi connectivity index (χ0n) is 10.5. The molecular weight excluding hydrogens is 380 g/mol. The predicted octanol–water partition coefficient (Wildman–Crippen LogP) is 3.17. The van der Waals surface area contributed by atoms with Gasteiger partial charge in [0.15, 0.2) is 0 Å². The van der Waals surface area contributed by atoms with E-state index in [1.54, 1.807) is 12.1 Å². The SMILES string of the molecule is O=[N+]([O-])c1ccc2c(c1)N(S(=O)(=O)c1ccc(Br)s1)CC2. The monoisotopic (exact) mass is 388 g/mol. The van der Waals surface area contributed by atoms with Gasteiger partial charge in [-0.25, -0.2) is 8.42 Å². The Labute approximate surface area is 133 Å². The van der Waals surface area contributed by atoms with E-state index in [4.69, 9.17) is 0 Å². The first-order valence-electron chi connectivity index (χ1n) is 5.95. The number of hydrogen-bond acceptors (Lipinski definition) is 5. The Morgan fingerprint density at radius 2 is 2.05 bits per heavy atom. The third-order valence-electron chi connectivity index (χ3n) is 3.23. The summed E-state index contributed by atoms with van der Waals surface area (Å²) in [5, 5.41) is 10.9. The third-order valence-corrected chi connectivity index (χ3v) is 7.13. The molecule has 0 fully saturated rings. The van der Waals surface area contributed by atoms with Crippen molar-refractivity contribution in [2.24, 2.45) is 0 Å². The van der Waals surface area contributed by atoms with Crippen molar-refractivity contribution in [2.75, 3.05) is 10.8 Å². The molecule has 0 unspecified atom stereocenters. The average Bonchev–Trinajstić information content (AvgIpc) is 3.04. The minimum atomic E-state index is -3.67. The Kier molecular flexibility index (Phi) is 3.50. The molecule has 21 heavy (non-hydrogen) atoms. The molecule has 0 amide bonds. The Hall–Kier alpha value is -1.45. The van der Waals surface area contributed by atoms with Gasteiger partial charge in [-0.3, -0.25) is 14.4 Å². The second kappa shape index (κ2) is 5.08. The summed E-state index contributed by atoms with van der Waals surface area (Å²) in [7, 11) is -3.67. The first-order chi connectivity index (χ1) is 9.89. The van der Waals surface area contributed by atoms with Crippen molar-refractivity contribution in [3.8, 4) is 0 Å². The number of thiophene rings is 1. The lowest BCUT2D eigenvalue weighted by atomic mass is 10.1. The number of hydrogen-bond donors (Lipinski definition) is 0. The molecule has 1 aliphatic heterocycles. The topological polar surface area (TPSA) is 80.5 Å². The van der Waals surface area contributed by atoms with E-state index >= 15 is 0 Å². The summed E-state index contributed by atoms with van der Waals surface area (Å²) in [5.41, 5.74) is 1.09. The van der Waals surface area contributed by atoms with Gasteiger partial charge in [0.1, 0.15) is 4.21 Å². The molecule has 1 aliphatic rings. The summed E-state index contributed by atoms with van der Waals surface area (Å²) in [5.74, 6) is 0. The lowest BCUT2D eigenvalue weighted by molar-refractivity contribution is -0.384. The Balaban J connectivity index is 2.08. The van der Waals surface area contributed by atoms with Gasteiger partial charge in [-0.05, 0) is 40.0 Å². The standard InChI is InChI=1S/C12H9BrN2O4S2/c13-11-3-4-12(20-11)21(18,19)14-6-5-8-1-2-9(15(16)17)7-10(8)14/h1-4,7H,5-6H2. The van der Waals surface area contributed by atoms with Gasteiger partial charge in [0.05, 0.1) is 14.4 Å². The summed E-state index contributed by atoms with van der Waals surface area (Å²) in [6.07, 6.45) is 0.555. The van der Waals surface area contributed by atoms with Crippen LogP contribution in [0.4, 0.5) is 11.4 Å². The highest BCUT2D eigenvalue weighted by Crippen LogP contribution is 2.37. The van der Waals surface area contributed by atoms with Gasteiger partial charge in [0.2, 0.25) is 0 Å². The number of halogens is 1. The maximum absolute atomic E-state index is 12.6. The van der Waals surface area contributed by atoms with Crippen molar-refractivity contribution in [1.82, 2.24) is 0 Å². The van der Waals surface area contributed by atoms with Gasteiger partial charge in [0, 0.05) is 18.7 Å². The Bertz CT molecular complexity index is 832. The minimum absolute atomic E-state index is 0.108. The molecule has 0 saturated carbocycles. The molecule has 6 nitrogen and oxygen atoms in total. The molecule has 9 heteroatoms. The molecule has 0 spiro atoms. The van der Waals surface area contributed by atoms with Crippen LogP contribution in [-0.4, -0.2) is 19.9 Å². The van der Waals surface area contributed by atoms with Crippen molar-refractivity contribution in [1.29, 1.82) is 0 Å². The highest BCUT2D eigenvalue weighted by Gasteiger charge is 2.33. The van der Waals surface area contributed by atoms with Crippen LogP contribution in [0.5, 0.6) is 0 Å². The van der Waals surface area contributed by atoms with Gasteiger partial charge in [-0.1, -0.05) is 6.07 Å². The zero-order chi connectivity index (χ0) is 15.2. The van der Waals surface area contributed by atoms with Crippen molar-refractivity contribution < 1.29 is 13.3 Å². The molecule has 0 N–H and O–H groups in total. The van der Waals surface area contributed by atoms with Gasteiger partial charge in [0.25, 0.3) is 15.7 Å². The fourth-order valence-electron chi connectivity index (χ4n) is 2.25. The molecule has 110 valence electrons. The smallest absolute Gasteiger partial charge is 0.265 e. The fourth-order valence-corrected chi connectivity index (χ4v) is 5.87. The number of fused-ring (bicyclic) bond motifs is 1. The van der Waals surface area contributed by atoms with Crippen LogP contribution in [0.3, 0.4) is 0 Å². The predicted molar refractivity (Wildman–Crippen MR) is 83.4 cm³/mol. The van der Waals surface area contributed by atoms with Crippen molar-refractivity contribution in [2.45, 2.75) is 10.6 Å². The maximum Gasteiger partial charge on any atom is 0.273 e. The summed E-state index contributed by atoms with van der Waals surface area (Å²) in [6, 6.07) is 7.54. The Morgan fingerprint density at radius 3 is 2.67 bits per heavy atom. The maximum atomic E-state index is 12.6. The van der Waals surface area contributed by atoms with E-state index < -0.39 is 14.9 Å². The van der Waals surface area contributed by atoms with Crippen LogP contribution in [0.25, 0.3) is 0 Å². The molecule has 0 bridgehead atoms. The van der Waals surface area contributed by atoms with Crippen LogP contribution in [0.2, 0.25) is 0 Å². The second-order valence-electron chi connectivity index (χ2n) is 4.46. The molecule has 1 aromatic carbocycles. The molecular formula is C12H9BrN2O4S2. The quantitative estimate of drug-likeness (QED) is 0.597. The van der Waals surface area contributed by atoms with Gasteiger partial charge in [-0.15, -0.1) is 11.3 Å². The zero-order valence-corrected chi connectivity index (χ0v) is 13.7. The van der Waals surface area contributed by atoms with Crippen LogP contribution >= 0.6 is 27.3 Å². The molecule has 0 radical (unpaired) electrons. The number of benzene rings is 1. The van der Waals surface area contributed by atoms with E-state index in [9.17, 15) is 18.5 Å². The number of non-ortho nitro benzene ring substituents is 1. The highest BCUT2D eigenvalue weighted by molar-refractivity contribution is 9.11. The molecule has 0 atom stereocenters. The van der Waals surface area contributed by atoms with E-state index in [-0.39, 0.29) is 9.90 Å². The van der Waals surface area contributed by atoms with Crippen LogP contribution < -0.4 is 4.31 Å². The van der Waals surface area contributed by atoms with Crippen molar-refractivity contribution >= 4 is 48.7 Å². The second-order valence-corrected chi connectivity index (χ2v) is 9.01. The lowest BCUT2D eigenvalue weighted by Crippen LogP contribution is -2.28. The van der Waals surface area contributed by atoms with E-state index in [1.165, 1.54) is 22.5 Å². The van der Waals surface area contributed by atoms with E-state index in [2.05, 4.69) is 15.9 Å². The number of anilines is 1. The molecule has 2 aromatic rings. The molecule has 3 rings (SSSR count). The number of nitrogens with zero attached hydrogens (tertiary/aromatic N) is 2. The van der Waals surface area contributed by atoms with Crippen molar-refractivity contribution in [3.63, 3.8) is 0 Å². The average molecular weight is 389 g/mol. The van der Waals surface area contributed by atoms with E-state index in [1.807, 2.05) is 0 Å². The first-order valence-corrected chi connectivity index (χ1v) is 9.00. The van der Waals surface area contributed by atoms with Gasteiger partial charge >= 0.3 is 0 Å². The fraction of sp³-hybridized carbons (Fsp3) is 0.167. The molecule has 0 aliphatic carbocycles. The van der Waals surface area contributed by atoms with E-state index in [0.29, 0.717) is 18.7 Å². The number of nitro benzene ring substituents is 1. The third kappa shape index (κ3) is 2.45. The lowest BCUT2D eigenvalue weighted by Gasteiger charge is -2.18. The van der Waals surface area contributed by atoms with Gasteiger partial charge < -0.3 is 0 Å². The van der Waals surface area contributed by atoms with Gasteiger partial charge in [-0.2, -0.15) is 0 Å². The van der Waals surface area contributed by atoms with Crippen LogP contribution in [-0.2, 0) is 16.4 Å². The Morgan fingerprint density at radius 1 is 1.29 bits per heavy atom. The van der Waals surface area contributed by atoms with Crippen molar-refractivity contribution in [3.05, 3.63) is 49.8 Å². The molecule has 0 saturated heterocycles. The summed E-state index contributed by atoms with van der Waals surface area (Å²) in [6.45, 7) is 0.300. The highest BCUT2D eigenvalue weighted by atomic mass is 79.9. The molecule has 1 aromatic heterocycles. The van der Waals surface area contributed by atoms with E-state index in [0.717, 1.165) is 20.7 Å². The summed E-state index contributed by atoms with van der Waals surface area (Å²) in [4.78, 5) is 10.3. The van der Waals surface area contributed by atoms with Crippen LogP contribution in [0, 0.1) is 10.1 Å². The molecule has 2 heterocycles. The number of rotatable bonds is 3. The first kappa shape index (κ1) is 14.5. The number of sulfonamides is 1. The van der Waals surface area contributed by atoms with Crippen LogP contribution in [0.15, 0.2) is 38.3 Å². The normalized spacial score (nSPS) is 14.2. The minimum Gasteiger partial charge on any atom is -0.265 e. The number of nitro groups is 1.